The standard InChI is InChI=1S/C14H15ClN4OS/c1-8(9-6-16-7-9)12(20)17-14-19-18-13(21-14)10-4-2-3-5-11(10)15/h2-5,8-9,16H,6-7H2,1H3,(H,17,19,20). The molecular weight excluding hydrogens is 308 g/mol. The van der Waals surface area contributed by atoms with Crippen LogP contribution in [0.25, 0.3) is 10.6 Å². The van der Waals surface area contributed by atoms with Crippen molar-refractivity contribution in [2.45, 2.75) is 6.92 Å². The van der Waals surface area contributed by atoms with Crippen LogP contribution in [0.2, 0.25) is 5.02 Å². The molecule has 5 nitrogen and oxygen atoms in total. The predicted octanol–water partition coefficient (Wildman–Crippen LogP) is 2.65. The van der Waals surface area contributed by atoms with Crippen LogP contribution in [-0.2, 0) is 4.79 Å². The number of amides is 1. The summed E-state index contributed by atoms with van der Waals surface area (Å²) in [5.41, 5.74) is 0.827. The molecule has 0 radical (unpaired) electrons. The molecule has 1 unspecified atom stereocenters. The summed E-state index contributed by atoms with van der Waals surface area (Å²) in [6, 6.07) is 7.45. The minimum absolute atomic E-state index is 0.0108. The number of anilines is 1. The number of carbonyl (C=O) groups is 1. The Morgan fingerprint density at radius 3 is 2.86 bits per heavy atom. The Bertz CT molecular complexity index is 656. The fourth-order valence-electron chi connectivity index (χ4n) is 2.12. The summed E-state index contributed by atoms with van der Waals surface area (Å²) in [6.07, 6.45) is 0. The number of benzene rings is 1. The lowest BCUT2D eigenvalue weighted by atomic mass is 9.88. The lowest BCUT2D eigenvalue weighted by molar-refractivity contribution is -0.121. The Morgan fingerprint density at radius 1 is 1.43 bits per heavy atom. The molecule has 110 valence electrons. The van der Waals surface area contributed by atoms with E-state index < -0.39 is 0 Å². The van der Waals surface area contributed by atoms with E-state index in [1.54, 1.807) is 0 Å². The summed E-state index contributed by atoms with van der Waals surface area (Å²) >= 11 is 7.47. The van der Waals surface area contributed by atoms with Crippen molar-refractivity contribution in [1.82, 2.24) is 15.5 Å². The first-order chi connectivity index (χ1) is 10.1. The number of nitrogens with zero attached hydrogens (tertiary/aromatic N) is 2. The molecule has 2 heterocycles. The lowest BCUT2D eigenvalue weighted by Gasteiger charge is -2.31. The number of carbonyl (C=O) groups excluding carboxylic acids is 1. The van der Waals surface area contributed by atoms with Crippen LogP contribution in [-0.4, -0.2) is 29.2 Å². The number of aromatic nitrogens is 2. The minimum Gasteiger partial charge on any atom is -0.316 e. The van der Waals surface area contributed by atoms with Gasteiger partial charge in [0.2, 0.25) is 11.0 Å². The summed E-state index contributed by atoms with van der Waals surface area (Å²) in [5, 5.41) is 16.0. The highest BCUT2D eigenvalue weighted by atomic mass is 35.5. The fraction of sp³-hybridized carbons (Fsp3) is 0.357. The van der Waals surface area contributed by atoms with Crippen molar-refractivity contribution in [1.29, 1.82) is 0 Å². The van der Waals surface area contributed by atoms with Gasteiger partial charge < -0.3 is 10.6 Å². The molecule has 0 aliphatic carbocycles. The van der Waals surface area contributed by atoms with Crippen molar-refractivity contribution in [2.75, 3.05) is 18.4 Å². The Balaban J connectivity index is 1.70. The predicted molar refractivity (Wildman–Crippen MR) is 84.5 cm³/mol. The van der Waals surface area contributed by atoms with E-state index in [2.05, 4.69) is 20.8 Å². The molecule has 1 atom stereocenters. The summed E-state index contributed by atoms with van der Waals surface area (Å²) < 4.78 is 0. The van der Waals surface area contributed by atoms with Gasteiger partial charge in [0.15, 0.2) is 5.01 Å². The van der Waals surface area contributed by atoms with E-state index in [1.165, 1.54) is 11.3 Å². The van der Waals surface area contributed by atoms with Gasteiger partial charge in [-0.15, -0.1) is 10.2 Å². The molecule has 1 fully saturated rings. The largest absolute Gasteiger partial charge is 0.316 e. The second-order valence-electron chi connectivity index (χ2n) is 5.09. The molecule has 0 saturated carbocycles. The summed E-state index contributed by atoms with van der Waals surface area (Å²) in [4.78, 5) is 12.1. The highest BCUT2D eigenvalue weighted by molar-refractivity contribution is 7.18. The van der Waals surface area contributed by atoms with Crippen LogP contribution >= 0.6 is 22.9 Å². The molecule has 1 aromatic carbocycles. The number of halogens is 1. The van der Waals surface area contributed by atoms with Crippen LogP contribution in [0.3, 0.4) is 0 Å². The number of hydrogen-bond acceptors (Lipinski definition) is 5. The number of rotatable bonds is 4. The van der Waals surface area contributed by atoms with Crippen molar-refractivity contribution >= 4 is 34.0 Å². The second kappa shape index (κ2) is 6.09. The summed E-state index contributed by atoms with van der Waals surface area (Å²) in [6.45, 7) is 3.74. The molecule has 1 aliphatic rings. The Morgan fingerprint density at radius 2 is 2.19 bits per heavy atom. The maximum absolute atomic E-state index is 12.1. The third kappa shape index (κ3) is 3.07. The summed E-state index contributed by atoms with van der Waals surface area (Å²) in [5.74, 6) is 0.364. The van der Waals surface area contributed by atoms with Crippen molar-refractivity contribution in [3.8, 4) is 10.6 Å². The molecule has 1 amide bonds. The van der Waals surface area contributed by atoms with E-state index in [-0.39, 0.29) is 11.8 Å². The average molecular weight is 323 g/mol. The van der Waals surface area contributed by atoms with E-state index in [0.29, 0.717) is 21.1 Å². The molecule has 7 heteroatoms. The third-order valence-corrected chi connectivity index (χ3v) is 4.89. The van der Waals surface area contributed by atoms with Gasteiger partial charge in [0.25, 0.3) is 0 Å². The molecule has 2 N–H and O–H groups in total. The van der Waals surface area contributed by atoms with Crippen LogP contribution < -0.4 is 10.6 Å². The fourth-order valence-corrected chi connectivity index (χ4v) is 3.18. The van der Waals surface area contributed by atoms with Crippen LogP contribution in [0, 0.1) is 11.8 Å². The van der Waals surface area contributed by atoms with Crippen molar-refractivity contribution in [2.24, 2.45) is 11.8 Å². The topological polar surface area (TPSA) is 66.9 Å². The molecule has 0 bridgehead atoms. The zero-order chi connectivity index (χ0) is 14.8. The smallest absolute Gasteiger partial charge is 0.229 e. The Kier molecular flexibility index (Phi) is 4.19. The Hall–Kier alpha value is -1.50. The van der Waals surface area contributed by atoms with E-state index in [1.807, 2.05) is 31.2 Å². The molecule has 1 aliphatic heterocycles. The maximum atomic E-state index is 12.1. The zero-order valence-electron chi connectivity index (χ0n) is 11.5. The highest BCUT2D eigenvalue weighted by Gasteiger charge is 2.29. The monoisotopic (exact) mass is 322 g/mol. The highest BCUT2D eigenvalue weighted by Crippen LogP contribution is 2.31. The zero-order valence-corrected chi connectivity index (χ0v) is 13.0. The van der Waals surface area contributed by atoms with Gasteiger partial charge in [-0.05, 0) is 25.1 Å². The SMILES string of the molecule is CC(C(=O)Nc1nnc(-c2ccccc2Cl)s1)C1CNC1. The molecule has 1 aromatic heterocycles. The van der Waals surface area contributed by atoms with E-state index in [0.717, 1.165) is 18.7 Å². The van der Waals surface area contributed by atoms with Gasteiger partial charge in [0.1, 0.15) is 0 Å². The first-order valence-electron chi connectivity index (χ1n) is 6.75. The van der Waals surface area contributed by atoms with Crippen molar-refractivity contribution in [3.63, 3.8) is 0 Å². The maximum Gasteiger partial charge on any atom is 0.229 e. The number of nitrogens with one attached hydrogen (secondary N) is 2. The van der Waals surface area contributed by atoms with Crippen molar-refractivity contribution < 1.29 is 4.79 Å². The van der Waals surface area contributed by atoms with Crippen LogP contribution in [0.1, 0.15) is 6.92 Å². The molecule has 1 saturated heterocycles. The molecule has 0 spiro atoms. The van der Waals surface area contributed by atoms with Gasteiger partial charge in [0, 0.05) is 11.5 Å². The van der Waals surface area contributed by atoms with Gasteiger partial charge in [-0.25, -0.2) is 0 Å². The first kappa shape index (κ1) is 14.4. The van der Waals surface area contributed by atoms with E-state index >= 15 is 0 Å². The first-order valence-corrected chi connectivity index (χ1v) is 7.94. The third-order valence-electron chi connectivity index (χ3n) is 3.69. The normalized spacial score (nSPS) is 16.3. The van der Waals surface area contributed by atoms with Crippen LogP contribution in [0.5, 0.6) is 0 Å². The van der Waals surface area contributed by atoms with Gasteiger partial charge in [-0.3, -0.25) is 4.79 Å². The van der Waals surface area contributed by atoms with Crippen molar-refractivity contribution in [3.05, 3.63) is 29.3 Å². The molecule has 21 heavy (non-hydrogen) atoms. The van der Waals surface area contributed by atoms with Gasteiger partial charge in [-0.1, -0.05) is 48.1 Å². The average Bonchev–Trinajstić information content (AvgIpc) is 2.85. The van der Waals surface area contributed by atoms with Crippen LogP contribution in [0.4, 0.5) is 5.13 Å². The summed E-state index contributed by atoms with van der Waals surface area (Å²) in [7, 11) is 0. The molecule has 3 rings (SSSR count). The Labute approximate surface area is 131 Å². The quantitative estimate of drug-likeness (QED) is 0.908. The minimum atomic E-state index is -0.0288. The lowest BCUT2D eigenvalue weighted by Crippen LogP contribution is -2.48. The second-order valence-corrected chi connectivity index (χ2v) is 6.47. The molecule has 2 aromatic rings. The van der Waals surface area contributed by atoms with Gasteiger partial charge >= 0.3 is 0 Å². The van der Waals surface area contributed by atoms with Gasteiger partial charge in [0.05, 0.1) is 5.02 Å². The van der Waals surface area contributed by atoms with E-state index in [4.69, 9.17) is 11.6 Å². The van der Waals surface area contributed by atoms with Crippen LogP contribution in [0.15, 0.2) is 24.3 Å². The number of hydrogen-bond donors (Lipinski definition) is 2. The van der Waals surface area contributed by atoms with Gasteiger partial charge in [-0.2, -0.15) is 0 Å². The van der Waals surface area contributed by atoms with E-state index in [9.17, 15) is 4.79 Å². The molecular formula is C14H15ClN4OS.